The van der Waals surface area contributed by atoms with Gasteiger partial charge in [-0.05, 0) is 24.6 Å². The van der Waals surface area contributed by atoms with E-state index in [4.69, 9.17) is 0 Å². The first kappa shape index (κ1) is 9.45. The summed E-state index contributed by atoms with van der Waals surface area (Å²) in [5, 5.41) is 0. The summed E-state index contributed by atoms with van der Waals surface area (Å²) < 4.78 is 0. The second kappa shape index (κ2) is 3.96. The van der Waals surface area contributed by atoms with Crippen LogP contribution < -0.4 is 0 Å². The molecule has 15 heavy (non-hydrogen) atoms. The SMILES string of the molecule is Cc1cnccc1-c1nccc(C=O)n1. The third-order valence-electron chi connectivity index (χ3n) is 2.06. The van der Waals surface area contributed by atoms with Crippen molar-refractivity contribution in [1.29, 1.82) is 0 Å². The average molecular weight is 199 g/mol. The van der Waals surface area contributed by atoms with Crippen LogP contribution in [0.3, 0.4) is 0 Å². The highest BCUT2D eigenvalue weighted by molar-refractivity contribution is 5.73. The molecule has 0 spiro atoms. The number of carbonyl (C=O) groups is 1. The third kappa shape index (κ3) is 1.88. The van der Waals surface area contributed by atoms with E-state index >= 15 is 0 Å². The predicted molar refractivity (Wildman–Crippen MR) is 55.4 cm³/mol. The Bertz CT molecular complexity index is 497. The molecule has 2 heterocycles. The molecule has 0 unspecified atom stereocenters. The van der Waals surface area contributed by atoms with Crippen LogP contribution in [0.4, 0.5) is 0 Å². The van der Waals surface area contributed by atoms with E-state index in [-0.39, 0.29) is 0 Å². The lowest BCUT2D eigenvalue weighted by molar-refractivity contribution is 0.111. The van der Waals surface area contributed by atoms with Crippen LogP contribution in [0.2, 0.25) is 0 Å². The molecular weight excluding hydrogens is 190 g/mol. The van der Waals surface area contributed by atoms with Gasteiger partial charge in [0, 0.05) is 24.2 Å². The number of pyridine rings is 1. The summed E-state index contributed by atoms with van der Waals surface area (Å²) in [6, 6.07) is 3.41. The molecule has 0 radical (unpaired) electrons. The van der Waals surface area contributed by atoms with Crippen molar-refractivity contribution >= 4 is 6.29 Å². The van der Waals surface area contributed by atoms with Crippen LogP contribution in [0.5, 0.6) is 0 Å². The molecule has 2 rings (SSSR count). The second-order valence-corrected chi connectivity index (χ2v) is 3.11. The van der Waals surface area contributed by atoms with Crippen molar-refractivity contribution in [3.8, 4) is 11.4 Å². The quantitative estimate of drug-likeness (QED) is 0.690. The molecule has 0 aliphatic heterocycles. The molecule has 2 aromatic rings. The van der Waals surface area contributed by atoms with Gasteiger partial charge in [0.2, 0.25) is 0 Å². The van der Waals surface area contributed by atoms with Gasteiger partial charge in [0.15, 0.2) is 12.1 Å². The summed E-state index contributed by atoms with van der Waals surface area (Å²) in [6.45, 7) is 1.93. The molecule has 0 bridgehead atoms. The van der Waals surface area contributed by atoms with Crippen LogP contribution >= 0.6 is 0 Å². The zero-order chi connectivity index (χ0) is 10.7. The Morgan fingerprint density at radius 1 is 1.27 bits per heavy atom. The van der Waals surface area contributed by atoms with E-state index in [1.807, 2.05) is 13.0 Å². The second-order valence-electron chi connectivity index (χ2n) is 3.11. The Kier molecular flexibility index (Phi) is 2.49. The monoisotopic (exact) mass is 199 g/mol. The Hall–Kier alpha value is -2.10. The van der Waals surface area contributed by atoms with Gasteiger partial charge in [-0.3, -0.25) is 9.78 Å². The van der Waals surface area contributed by atoms with E-state index < -0.39 is 0 Å². The van der Waals surface area contributed by atoms with Gasteiger partial charge in [0.05, 0.1) is 0 Å². The molecule has 0 atom stereocenters. The first-order valence-corrected chi connectivity index (χ1v) is 4.50. The van der Waals surface area contributed by atoms with Gasteiger partial charge in [-0.2, -0.15) is 0 Å². The molecule has 0 saturated carbocycles. The van der Waals surface area contributed by atoms with Crippen molar-refractivity contribution in [2.45, 2.75) is 6.92 Å². The lowest BCUT2D eigenvalue weighted by Gasteiger charge is -2.02. The maximum atomic E-state index is 10.6. The van der Waals surface area contributed by atoms with E-state index in [1.165, 1.54) is 0 Å². The zero-order valence-corrected chi connectivity index (χ0v) is 8.21. The molecule has 4 nitrogen and oxygen atoms in total. The molecule has 0 aliphatic rings. The van der Waals surface area contributed by atoms with E-state index in [0.29, 0.717) is 17.8 Å². The molecule has 4 heteroatoms. The predicted octanol–water partition coefficient (Wildman–Crippen LogP) is 1.66. The molecule has 0 saturated heterocycles. The third-order valence-corrected chi connectivity index (χ3v) is 2.06. The Morgan fingerprint density at radius 3 is 2.87 bits per heavy atom. The highest BCUT2D eigenvalue weighted by atomic mass is 16.1. The van der Waals surface area contributed by atoms with Crippen molar-refractivity contribution in [3.63, 3.8) is 0 Å². The Morgan fingerprint density at radius 2 is 2.13 bits per heavy atom. The number of rotatable bonds is 2. The normalized spacial score (nSPS) is 9.93. The van der Waals surface area contributed by atoms with Gasteiger partial charge in [-0.1, -0.05) is 0 Å². The van der Waals surface area contributed by atoms with E-state index in [1.54, 1.807) is 24.7 Å². The molecule has 0 amide bonds. The van der Waals surface area contributed by atoms with Crippen LogP contribution in [0, 0.1) is 6.92 Å². The van der Waals surface area contributed by atoms with Crippen LogP contribution in [-0.4, -0.2) is 21.2 Å². The van der Waals surface area contributed by atoms with Gasteiger partial charge < -0.3 is 0 Å². The van der Waals surface area contributed by atoms with Gasteiger partial charge in [-0.25, -0.2) is 9.97 Å². The highest BCUT2D eigenvalue weighted by Gasteiger charge is 2.04. The molecule has 0 N–H and O–H groups in total. The van der Waals surface area contributed by atoms with Crippen molar-refractivity contribution < 1.29 is 4.79 Å². The minimum atomic E-state index is 0.385. The van der Waals surface area contributed by atoms with Gasteiger partial charge >= 0.3 is 0 Å². The number of nitrogens with zero attached hydrogens (tertiary/aromatic N) is 3. The minimum absolute atomic E-state index is 0.385. The van der Waals surface area contributed by atoms with Gasteiger partial charge in [0.1, 0.15) is 5.69 Å². The summed E-state index contributed by atoms with van der Waals surface area (Å²) >= 11 is 0. The molecular formula is C11H9N3O. The van der Waals surface area contributed by atoms with E-state index in [2.05, 4.69) is 15.0 Å². The van der Waals surface area contributed by atoms with Gasteiger partial charge in [-0.15, -0.1) is 0 Å². The first-order chi connectivity index (χ1) is 7.31. The molecule has 0 aromatic carbocycles. The fourth-order valence-corrected chi connectivity index (χ4v) is 1.29. The number of aryl methyl sites for hydroxylation is 1. The van der Waals surface area contributed by atoms with Crippen LogP contribution in [-0.2, 0) is 0 Å². The average Bonchev–Trinajstić information content (AvgIpc) is 2.30. The van der Waals surface area contributed by atoms with E-state index in [0.717, 1.165) is 11.1 Å². The molecule has 0 fully saturated rings. The first-order valence-electron chi connectivity index (χ1n) is 4.50. The molecule has 0 aliphatic carbocycles. The fraction of sp³-hybridized carbons (Fsp3) is 0.0909. The maximum Gasteiger partial charge on any atom is 0.168 e. The van der Waals surface area contributed by atoms with Gasteiger partial charge in [0.25, 0.3) is 0 Å². The van der Waals surface area contributed by atoms with Crippen molar-refractivity contribution in [2.24, 2.45) is 0 Å². The number of hydrogen-bond acceptors (Lipinski definition) is 4. The largest absolute Gasteiger partial charge is 0.296 e. The Balaban J connectivity index is 2.54. The Labute approximate surface area is 87.0 Å². The summed E-state index contributed by atoms with van der Waals surface area (Å²) in [4.78, 5) is 22.8. The van der Waals surface area contributed by atoms with Crippen molar-refractivity contribution in [2.75, 3.05) is 0 Å². The summed E-state index contributed by atoms with van der Waals surface area (Å²) in [6.07, 6.45) is 5.71. The van der Waals surface area contributed by atoms with E-state index in [9.17, 15) is 4.79 Å². The summed E-state index contributed by atoms with van der Waals surface area (Å²) in [7, 11) is 0. The number of aromatic nitrogens is 3. The smallest absolute Gasteiger partial charge is 0.168 e. The van der Waals surface area contributed by atoms with Crippen molar-refractivity contribution in [1.82, 2.24) is 15.0 Å². The fourth-order valence-electron chi connectivity index (χ4n) is 1.29. The number of aldehydes is 1. The lowest BCUT2D eigenvalue weighted by atomic mass is 10.1. The standard InChI is InChI=1S/C11H9N3O/c1-8-6-12-4-3-10(8)11-13-5-2-9(7-15)14-11/h2-7H,1H3. The highest BCUT2D eigenvalue weighted by Crippen LogP contribution is 2.17. The molecule has 2 aromatic heterocycles. The topological polar surface area (TPSA) is 55.7 Å². The zero-order valence-electron chi connectivity index (χ0n) is 8.21. The maximum absolute atomic E-state index is 10.6. The summed E-state index contributed by atoms with van der Waals surface area (Å²) in [5.74, 6) is 0.555. The lowest BCUT2D eigenvalue weighted by Crippen LogP contribution is -1.95. The summed E-state index contributed by atoms with van der Waals surface area (Å²) in [5.41, 5.74) is 2.27. The number of hydrogen-bond donors (Lipinski definition) is 0. The van der Waals surface area contributed by atoms with Crippen molar-refractivity contribution in [3.05, 3.63) is 42.0 Å². The molecule has 74 valence electrons. The van der Waals surface area contributed by atoms with Crippen LogP contribution in [0.1, 0.15) is 16.1 Å². The van der Waals surface area contributed by atoms with Crippen LogP contribution in [0.15, 0.2) is 30.7 Å². The minimum Gasteiger partial charge on any atom is -0.296 e. The van der Waals surface area contributed by atoms with Crippen LogP contribution in [0.25, 0.3) is 11.4 Å². The number of carbonyl (C=O) groups excluding carboxylic acids is 1.